The number of hydrogen-bond donors (Lipinski definition) is 2. The van der Waals surface area contributed by atoms with Crippen LogP contribution in [0.5, 0.6) is 0 Å². The summed E-state index contributed by atoms with van der Waals surface area (Å²) < 4.78 is 0. The number of nitrogens with zero attached hydrogens (tertiary/aromatic N) is 1. The monoisotopic (exact) mass is 373 g/mol. The van der Waals surface area contributed by atoms with Crippen molar-refractivity contribution in [1.82, 2.24) is 10.2 Å². The van der Waals surface area contributed by atoms with Crippen LogP contribution in [-0.4, -0.2) is 42.9 Å². The summed E-state index contributed by atoms with van der Waals surface area (Å²) in [5.74, 6) is 0.804. The van der Waals surface area contributed by atoms with Crippen LogP contribution < -0.4 is 11.1 Å². The Morgan fingerprint density at radius 1 is 1.04 bits per heavy atom. The van der Waals surface area contributed by atoms with Gasteiger partial charge < -0.3 is 16.0 Å². The summed E-state index contributed by atoms with van der Waals surface area (Å²) >= 11 is 0. The second-order valence-corrected chi connectivity index (χ2v) is 8.60. The molecule has 0 bridgehead atoms. The maximum atomic E-state index is 12.6. The van der Waals surface area contributed by atoms with E-state index < -0.39 is 0 Å². The van der Waals surface area contributed by atoms with Crippen molar-refractivity contribution >= 4 is 24.2 Å². The lowest BCUT2D eigenvalue weighted by Gasteiger charge is -2.34. The van der Waals surface area contributed by atoms with Crippen LogP contribution in [0.4, 0.5) is 0 Å². The average Bonchev–Trinajstić information content (AvgIpc) is 3.09. The van der Waals surface area contributed by atoms with E-state index in [1.54, 1.807) is 0 Å². The number of amides is 2. The van der Waals surface area contributed by atoms with Crippen molar-refractivity contribution in [2.24, 2.45) is 23.0 Å². The van der Waals surface area contributed by atoms with Crippen LogP contribution in [0, 0.1) is 17.3 Å². The molecule has 6 heteroatoms. The quantitative estimate of drug-likeness (QED) is 0.751. The lowest BCUT2D eigenvalue weighted by atomic mass is 9.84. The Morgan fingerprint density at radius 3 is 2.12 bits per heavy atom. The molecule has 0 heterocycles. The molecule has 2 fully saturated rings. The maximum Gasteiger partial charge on any atom is 0.225 e. The van der Waals surface area contributed by atoms with Gasteiger partial charge in [-0.25, -0.2) is 0 Å². The van der Waals surface area contributed by atoms with E-state index in [9.17, 15) is 9.59 Å². The van der Waals surface area contributed by atoms with Gasteiger partial charge in [-0.2, -0.15) is 0 Å². The van der Waals surface area contributed by atoms with Crippen molar-refractivity contribution in [3.63, 3.8) is 0 Å². The highest BCUT2D eigenvalue weighted by atomic mass is 35.5. The molecule has 2 amide bonds. The third-order valence-electron chi connectivity index (χ3n) is 5.74. The summed E-state index contributed by atoms with van der Waals surface area (Å²) in [4.78, 5) is 26.7. The molecular formula is C19H36ClN3O2. The predicted octanol–water partition coefficient (Wildman–Crippen LogP) is 2.72. The Bertz CT molecular complexity index is 442. The van der Waals surface area contributed by atoms with Gasteiger partial charge in [0.15, 0.2) is 0 Å². The molecule has 2 aliphatic carbocycles. The molecule has 146 valence electrons. The number of carbonyl (C=O) groups excluding carboxylic acids is 2. The molecule has 0 aromatic carbocycles. The summed E-state index contributed by atoms with van der Waals surface area (Å²) in [7, 11) is 1.88. The standard InChI is InChI=1S/C19H35N3O2.ClH/c1-19(2,12-20)13-22(3)18(24)15-8-10-16(11-9-15)21-17(23)14-6-4-5-7-14;/h14-16H,4-13,20H2,1-3H3,(H,21,23);1H. The SMILES string of the molecule is CN(CC(C)(C)CN)C(=O)C1CCC(NC(=O)C2CCCC2)CC1.Cl. The van der Waals surface area contributed by atoms with Crippen LogP contribution in [0.1, 0.15) is 65.2 Å². The summed E-state index contributed by atoms with van der Waals surface area (Å²) in [6.07, 6.45) is 8.05. The molecule has 5 nitrogen and oxygen atoms in total. The Morgan fingerprint density at radius 2 is 1.60 bits per heavy atom. The fourth-order valence-corrected chi connectivity index (χ4v) is 4.09. The fraction of sp³-hybridized carbons (Fsp3) is 0.895. The molecule has 0 aromatic heterocycles. The van der Waals surface area contributed by atoms with Crippen molar-refractivity contribution in [3.05, 3.63) is 0 Å². The van der Waals surface area contributed by atoms with E-state index >= 15 is 0 Å². The molecule has 25 heavy (non-hydrogen) atoms. The van der Waals surface area contributed by atoms with Gasteiger partial charge in [0.1, 0.15) is 0 Å². The second kappa shape index (κ2) is 9.77. The first-order valence-corrected chi connectivity index (χ1v) is 9.58. The third kappa shape index (κ3) is 6.45. The zero-order chi connectivity index (χ0) is 17.7. The Kier molecular flexibility index (Phi) is 8.69. The van der Waals surface area contributed by atoms with Gasteiger partial charge in [-0.3, -0.25) is 9.59 Å². The Labute approximate surface area is 158 Å². The highest BCUT2D eigenvalue weighted by molar-refractivity contribution is 5.85. The molecule has 0 aliphatic heterocycles. The van der Waals surface area contributed by atoms with Crippen molar-refractivity contribution < 1.29 is 9.59 Å². The van der Waals surface area contributed by atoms with Crippen LogP contribution in [0.15, 0.2) is 0 Å². The van der Waals surface area contributed by atoms with Gasteiger partial charge in [0.05, 0.1) is 0 Å². The van der Waals surface area contributed by atoms with Crippen LogP contribution in [0.3, 0.4) is 0 Å². The maximum absolute atomic E-state index is 12.6. The van der Waals surface area contributed by atoms with Gasteiger partial charge in [-0.05, 0) is 50.5 Å². The van der Waals surface area contributed by atoms with E-state index in [-0.39, 0.29) is 47.5 Å². The number of carbonyl (C=O) groups is 2. The summed E-state index contributed by atoms with van der Waals surface area (Å²) in [5.41, 5.74) is 5.73. The lowest BCUT2D eigenvalue weighted by Crippen LogP contribution is -2.45. The molecular weight excluding hydrogens is 338 g/mol. The Balaban J connectivity index is 0.00000312. The highest BCUT2D eigenvalue weighted by Crippen LogP contribution is 2.29. The first-order chi connectivity index (χ1) is 11.3. The van der Waals surface area contributed by atoms with Crippen LogP contribution in [0.25, 0.3) is 0 Å². The summed E-state index contributed by atoms with van der Waals surface area (Å²) in [5, 5.41) is 3.22. The van der Waals surface area contributed by atoms with E-state index in [1.165, 1.54) is 12.8 Å². The highest BCUT2D eigenvalue weighted by Gasteiger charge is 2.32. The van der Waals surface area contributed by atoms with Crippen LogP contribution in [-0.2, 0) is 9.59 Å². The first kappa shape index (κ1) is 22.2. The molecule has 0 aromatic rings. The topological polar surface area (TPSA) is 75.4 Å². The third-order valence-corrected chi connectivity index (χ3v) is 5.74. The predicted molar refractivity (Wildman–Crippen MR) is 104 cm³/mol. The second-order valence-electron chi connectivity index (χ2n) is 8.60. The minimum Gasteiger partial charge on any atom is -0.353 e. The van der Waals surface area contributed by atoms with E-state index in [4.69, 9.17) is 5.73 Å². The smallest absolute Gasteiger partial charge is 0.225 e. The van der Waals surface area contributed by atoms with Gasteiger partial charge >= 0.3 is 0 Å². The van der Waals surface area contributed by atoms with E-state index in [2.05, 4.69) is 19.2 Å². The minimum atomic E-state index is -0.0448. The fourth-order valence-electron chi connectivity index (χ4n) is 4.09. The number of halogens is 1. The first-order valence-electron chi connectivity index (χ1n) is 9.58. The van der Waals surface area contributed by atoms with Crippen molar-refractivity contribution in [2.75, 3.05) is 20.1 Å². The van der Waals surface area contributed by atoms with Gasteiger partial charge in [0, 0.05) is 31.5 Å². The van der Waals surface area contributed by atoms with Gasteiger partial charge in [-0.15, -0.1) is 12.4 Å². The molecule has 0 unspecified atom stereocenters. The number of nitrogens with one attached hydrogen (secondary N) is 1. The molecule has 0 atom stereocenters. The number of hydrogen-bond acceptors (Lipinski definition) is 3. The summed E-state index contributed by atoms with van der Waals surface area (Å²) in [6.45, 7) is 5.45. The molecule has 2 saturated carbocycles. The molecule has 0 radical (unpaired) electrons. The molecule has 3 N–H and O–H groups in total. The van der Waals surface area contributed by atoms with E-state index in [1.807, 2.05) is 11.9 Å². The van der Waals surface area contributed by atoms with Crippen molar-refractivity contribution in [1.29, 1.82) is 0 Å². The largest absolute Gasteiger partial charge is 0.353 e. The zero-order valence-corrected chi connectivity index (χ0v) is 16.9. The van der Waals surface area contributed by atoms with Gasteiger partial charge in [0.2, 0.25) is 11.8 Å². The average molecular weight is 374 g/mol. The minimum absolute atomic E-state index is 0. The number of rotatable bonds is 6. The van der Waals surface area contributed by atoms with Crippen LogP contribution in [0.2, 0.25) is 0 Å². The van der Waals surface area contributed by atoms with E-state index in [0.29, 0.717) is 13.1 Å². The molecule has 0 spiro atoms. The summed E-state index contributed by atoms with van der Waals surface area (Å²) in [6, 6.07) is 0.257. The van der Waals surface area contributed by atoms with Gasteiger partial charge in [0.25, 0.3) is 0 Å². The number of nitrogens with two attached hydrogens (primary N) is 1. The Hall–Kier alpha value is -0.810. The molecule has 2 rings (SSSR count). The van der Waals surface area contributed by atoms with E-state index in [0.717, 1.165) is 38.5 Å². The zero-order valence-electron chi connectivity index (χ0n) is 16.1. The van der Waals surface area contributed by atoms with Crippen molar-refractivity contribution in [2.45, 2.75) is 71.3 Å². The molecule has 2 aliphatic rings. The van der Waals surface area contributed by atoms with Gasteiger partial charge in [-0.1, -0.05) is 26.7 Å². The molecule has 0 saturated heterocycles. The normalized spacial score (nSPS) is 24.5. The lowest BCUT2D eigenvalue weighted by molar-refractivity contribution is -0.136. The van der Waals surface area contributed by atoms with Crippen molar-refractivity contribution in [3.8, 4) is 0 Å². The van der Waals surface area contributed by atoms with Crippen LogP contribution >= 0.6 is 12.4 Å².